The zero-order valence-electron chi connectivity index (χ0n) is 18.7. The molecule has 0 unspecified atom stereocenters. The Balaban J connectivity index is 1.76. The second kappa shape index (κ2) is 9.12. The smallest absolute Gasteiger partial charge is 0.266 e. The number of fused-ring (bicyclic) bond motifs is 1. The second-order valence-electron chi connectivity index (χ2n) is 8.41. The maximum atomic E-state index is 14.3. The van der Waals surface area contributed by atoms with Crippen LogP contribution in [0.4, 0.5) is 18.9 Å². The summed E-state index contributed by atoms with van der Waals surface area (Å²) in [6, 6.07) is 14.8. The van der Waals surface area contributed by atoms with E-state index in [4.69, 9.17) is 11.6 Å². The zero-order valence-corrected chi connectivity index (χ0v) is 20.2. The lowest BCUT2D eigenvalue weighted by molar-refractivity contribution is 0.0172. The van der Waals surface area contributed by atoms with E-state index in [1.54, 1.807) is 25.1 Å². The summed E-state index contributed by atoms with van der Waals surface area (Å²) in [7, 11) is -4.07. The standard InChI is InChI=1S/C26H23ClF3NO2S/c1-17(25-22(27)9-4-10-23(25)28)14-18-11-12-19-6-5-13-31(24(19)15-18)34(32,33)21-8-3-7-20(16-21)26(2,29)30/h3-4,7-12,14-16H,5-6,13H2,1-2H3. The molecule has 4 rings (SSSR count). The van der Waals surface area contributed by atoms with Crippen molar-refractivity contribution in [1.29, 1.82) is 0 Å². The molecule has 3 aromatic carbocycles. The van der Waals surface area contributed by atoms with Gasteiger partial charge in [0.1, 0.15) is 5.82 Å². The highest BCUT2D eigenvalue weighted by molar-refractivity contribution is 7.92. The molecular weight excluding hydrogens is 483 g/mol. The molecule has 0 aliphatic carbocycles. The highest BCUT2D eigenvalue weighted by Gasteiger charge is 2.31. The summed E-state index contributed by atoms with van der Waals surface area (Å²) >= 11 is 6.18. The van der Waals surface area contributed by atoms with Gasteiger partial charge in [-0.3, -0.25) is 4.31 Å². The number of benzene rings is 3. The molecule has 0 spiro atoms. The number of alkyl halides is 2. The first-order chi connectivity index (χ1) is 16.0. The van der Waals surface area contributed by atoms with Crippen LogP contribution < -0.4 is 4.31 Å². The van der Waals surface area contributed by atoms with Crippen molar-refractivity contribution < 1.29 is 21.6 Å². The lowest BCUT2D eigenvalue weighted by Gasteiger charge is -2.31. The van der Waals surface area contributed by atoms with Crippen LogP contribution in [0.1, 0.15) is 42.5 Å². The fourth-order valence-corrected chi connectivity index (χ4v) is 6.04. The highest BCUT2D eigenvalue weighted by Crippen LogP contribution is 2.36. The Morgan fingerprint density at radius 1 is 1.09 bits per heavy atom. The maximum Gasteiger partial charge on any atom is 0.270 e. The van der Waals surface area contributed by atoms with Gasteiger partial charge in [0.25, 0.3) is 15.9 Å². The number of hydrogen-bond donors (Lipinski definition) is 0. The van der Waals surface area contributed by atoms with E-state index in [1.165, 1.54) is 34.6 Å². The van der Waals surface area contributed by atoms with Crippen molar-refractivity contribution in [3.8, 4) is 0 Å². The van der Waals surface area contributed by atoms with Gasteiger partial charge >= 0.3 is 0 Å². The van der Waals surface area contributed by atoms with E-state index in [1.807, 2.05) is 12.1 Å². The highest BCUT2D eigenvalue weighted by atomic mass is 35.5. The SMILES string of the molecule is CC(=Cc1ccc2c(c1)N(S(=O)(=O)c1cccc(C(C)(F)F)c1)CCC2)c1c(F)cccc1Cl. The van der Waals surface area contributed by atoms with Crippen LogP contribution in [0.3, 0.4) is 0 Å². The Bertz CT molecular complexity index is 1360. The van der Waals surface area contributed by atoms with E-state index in [0.29, 0.717) is 29.7 Å². The predicted octanol–water partition coefficient (Wildman–Crippen LogP) is 7.29. The number of rotatable bonds is 5. The van der Waals surface area contributed by atoms with Gasteiger partial charge in [-0.05, 0) is 66.8 Å². The van der Waals surface area contributed by atoms with E-state index in [2.05, 4.69) is 0 Å². The van der Waals surface area contributed by atoms with Gasteiger partial charge in [-0.15, -0.1) is 0 Å². The van der Waals surface area contributed by atoms with Crippen molar-refractivity contribution in [1.82, 2.24) is 0 Å². The van der Waals surface area contributed by atoms with Gasteiger partial charge < -0.3 is 0 Å². The molecule has 0 amide bonds. The minimum Gasteiger partial charge on any atom is -0.266 e. The average molecular weight is 506 g/mol. The first kappa shape index (κ1) is 24.4. The molecule has 0 aromatic heterocycles. The molecule has 0 atom stereocenters. The van der Waals surface area contributed by atoms with Crippen LogP contribution in [0.5, 0.6) is 0 Å². The summed E-state index contributed by atoms with van der Waals surface area (Å²) in [4.78, 5) is -0.186. The van der Waals surface area contributed by atoms with Crippen molar-refractivity contribution in [2.75, 3.05) is 10.8 Å². The summed E-state index contributed by atoms with van der Waals surface area (Å²) in [5.41, 5.74) is 2.51. The third-order valence-corrected chi connectivity index (χ3v) is 7.98. The van der Waals surface area contributed by atoms with Crippen LogP contribution in [0.2, 0.25) is 5.02 Å². The molecule has 0 saturated heterocycles. The van der Waals surface area contributed by atoms with Gasteiger partial charge in [-0.25, -0.2) is 21.6 Å². The molecule has 178 valence electrons. The van der Waals surface area contributed by atoms with Crippen LogP contribution >= 0.6 is 11.6 Å². The van der Waals surface area contributed by atoms with Crippen LogP contribution in [0, 0.1) is 5.82 Å². The number of allylic oxidation sites excluding steroid dienone is 1. The quantitative estimate of drug-likeness (QED) is 0.341. The van der Waals surface area contributed by atoms with Crippen LogP contribution in [0.15, 0.2) is 65.6 Å². The Morgan fingerprint density at radius 2 is 1.82 bits per heavy atom. The summed E-state index contributed by atoms with van der Waals surface area (Å²) < 4.78 is 70.2. The van der Waals surface area contributed by atoms with Crippen molar-refractivity contribution in [3.63, 3.8) is 0 Å². The Kier molecular flexibility index (Phi) is 6.53. The molecule has 3 aromatic rings. The summed E-state index contributed by atoms with van der Waals surface area (Å²) in [5, 5.41) is 0.281. The minimum absolute atomic E-state index is 0.186. The average Bonchev–Trinajstić information content (AvgIpc) is 2.78. The molecule has 8 heteroatoms. The molecule has 0 N–H and O–H groups in total. The van der Waals surface area contributed by atoms with Crippen molar-refractivity contribution in [2.24, 2.45) is 0 Å². The van der Waals surface area contributed by atoms with Gasteiger partial charge in [-0.1, -0.05) is 48.0 Å². The normalized spacial score (nSPS) is 14.8. The number of aryl methyl sites for hydroxylation is 1. The topological polar surface area (TPSA) is 37.4 Å². The molecular formula is C26H23ClF3NO2S. The Morgan fingerprint density at radius 3 is 2.53 bits per heavy atom. The third kappa shape index (κ3) is 4.72. The van der Waals surface area contributed by atoms with Crippen LogP contribution in [0.25, 0.3) is 11.6 Å². The predicted molar refractivity (Wildman–Crippen MR) is 130 cm³/mol. The number of hydrogen-bond acceptors (Lipinski definition) is 2. The van der Waals surface area contributed by atoms with E-state index in [-0.39, 0.29) is 27.6 Å². The second-order valence-corrected chi connectivity index (χ2v) is 10.7. The monoisotopic (exact) mass is 505 g/mol. The van der Waals surface area contributed by atoms with Crippen molar-refractivity contribution >= 4 is 39.0 Å². The van der Waals surface area contributed by atoms with Gasteiger partial charge in [0, 0.05) is 24.6 Å². The van der Waals surface area contributed by atoms with Gasteiger partial charge in [0.05, 0.1) is 15.6 Å². The number of anilines is 1. The van der Waals surface area contributed by atoms with Crippen molar-refractivity contribution in [2.45, 2.75) is 37.5 Å². The lowest BCUT2D eigenvalue weighted by atomic mass is 9.99. The first-order valence-corrected chi connectivity index (χ1v) is 12.6. The van der Waals surface area contributed by atoms with E-state index < -0.39 is 21.8 Å². The van der Waals surface area contributed by atoms with Crippen molar-refractivity contribution in [3.05, 3.63) is 93.8 Å². The van der Waals surface area contributed by atoms with Crippen LogP contribution in [-0.4, -0.2) is 15.0 Å². The van der Waals surface area contributed by atoms with Gasteiger partial charge in [0.2, 0.25) is 0 Å². The molecule has 0 saturated carbocycles. The van der Waals surface area contributed by atoms with E-state index in [0.717, 1.165) is 18.6 Å². The van der Waals surface area contributed by atoms with Crippen LogP contribution in [-0.2, 0) is 22.4 Å². The number of halogens is 4. The fourth-order valence-electron chi connectivity index (χ4n) is 4.15. The Hall–Kier alpha value is -2.77. The third-order valence-electron chi connectivity index (χ3n) is 5.85. The summed E-state index contributed by atoms with van der Waals surface area (Å²) in [6.45, 7) is 2.69. The Labute approximate surface area is 202 Å². The first-order valence-electron chi connectivity index (χ1n) is 10.8. The molecule has 0 bridgehead atoms. The van der Waals surface area contributed by atoms with Gasteiger partial charge in [0.15, 0.2) is 0 Å². The molecule has 34 heavy (non-hydrogen) atoms. The minimum atomic E-state index is -4.07. The van der Waals surface area contributed by atoms with E-state index in [9.17, 15) is 21.6 Å². The molecule has 1 aliphatic heterocycles. The number of nitrogens with zero attached hydrogens (tertiary/aromatic N) is 1. The summed E-state index contributed by atoms with van der Waals surface area (Å²) in [5.74, 6) is -3.61. The fraction of sp³-hybridized carbons (Fsp3) is 0.231. The van der Waals surface area contributed by atoms with E-state index >= 15 is 0 Å². The molecule has 1 heterocycles. The summed E-state index contributed by atoms with van der Waals surface area (Å²) in [6.07, 6.45) is 3.04. The molecule has 1 aliphatic rings. The molecule has 0 fully saturated rings. The molecule has 3 nitrogen and oxygen atoms in total. The zero-order chi connectivity index (χ0) is 24.7. The number of sulfonamides is 1. The van der Waals surface area contributed by atoms with Gasteiger partial charge in [-0.2, -0.15) is 0 Å². The lowest BCUT2D eigenvalue weighted by Crippen LogP contribution is -2.35. The maximum absolute atomic E-state index is 14.3. The largest absolute Gasteiger partial charge is 0.270 e. The molecule has 0 radical (unpaired) electrons.